The molecular formula is C10H12N4. The lowest BCUT2D eigenvalue weighted by atomic mass is 10.4. The van der Waals surface area contributed by atoms with Gasteiger partial charge in [-0.25, -0.2) is 4.68 Å². The molecule has 0 aliphatic rings. The van der Waals surface area contributed by atoms with Gasteiger partial charge in [0.15, 0.2) is 5.82 Å². The third-order valence-electron chi connectivity index (χ3n) is 2.03. The molecule has 0 N–H and O–H groups in total. The van der Waals surface area contributed by atoms with Crippen molar-refractivity contribution in [3.8, 4) is 5.82 Å². The largest absolute Gasteiger partial charge is 0.221 e. The summed E-state index contributed by atoms with van der Waals surface area (Å²) in [7, 11) is 0. The van der Waals surface area contributed by atoms with Gasteiger partial charge in [-0.05, 0) is 31.5 Å². The standard InChI is InChI=1S/C10H12N4/c1-3-9-6-7-14(13-9)10-5-4-8(2)11-12-10/h4-7H,3H2,1-2H3. The second-order valence-electron chi connectivity index (χ2n) is 3.14. The summed E-state index contributed by atoms with van der Waals surface area (Å²) >= 11 is 0. The van der Waals surface area contributed by atoms with Crippen molar-refractivity contribution in [3.63, 3.8) is 0 Å². The first kappa shape index (κ1) is 8.87. The molecule has 0 aliphatic heterocycles. The first-order valence-corrected chi connectivity index (χ1v) is 4.65. The van der Waals surface area contributed by atoms with Gasteiger partial charge in [-0.1, -0.05) is 6.92 Å². The first-order chi connectivity index (χ1) is 6.79. The summed E-state index contributed by atoms with van der Waals surface area (Å²) in [5.41, 5.74) is 1.98. The summed E-state index contributed by atoms with van der Waals surface area (Å²) in [6.07, 6.45) is 2.84. The maximum Gasteiger partial charge on any atom is 0.175 e. The molecule has 72 valence electrons. The topological polar surface area (TPSA) is 43.6 Å². The van der Waals surface area contributed by atoms with Gasteiger partial charge < -0.3 is 0 Å². The van der Waals surface area contributed by atoms with Crippen molar-refractivity contribution in [1.29, 1.82) is 0 Å². The third kappa shape index (κ3) is 1.64. The molecule has 0 atom stereocenters. The summed E-state index contributed by atoms with van der Waals surface area (Å²) in [6, 6.07) is 5.83. The molecule has 0 saturated carbocycles. The molecule has 2 aromatic heterocycles. The number of hydrogen-bond acceptors (Lipinski definition) is 3. The molecule has 0 spiro atoms. The van der Waals surface area contributed by atoms with Gasteiger partial charge in [0.25, 0.3) is 0 Å². The molecule has 0 aliphatic carbocycles. The van der Waals surface area contributed by atoms with E-state index in [-0.39, 0.29) is 0 Å². The van der Waals surface area contributed by atoms with Crippen LogP contribution in [0.3, 0.4) is 0 Å². The molecule has 4 nitrogen and oxygen atoms in total. The SMILES string of the molecule is CCc1ccn(-c2ccc(C)nn2)n1. The van der Waals surface area contributed by atoms with Crippen LogP contribution in [-0.4, -0.2) is 20.0 Å². The van der Waals surface area contributed by atoms with Gasteiger partial charge >= 0.3 is 0 Å². The summed E-state index contributed by atoms with van der Waals surface area (Å²) in [5, 5.41) is 12.4. The molecule has 14 heavy (non-hydrogen) atoms. The Morgan fingerprint density at radius 2 is 2.07 bits per heavy atom. The van der Waals surface area contributed by atoms with Crippen LogP contribution >= 0.6 is 0 Å². The predicted molar refractivity (Wildman–Crippen MR) is 53.3 cm³/mol. The van der Waals surface area contributed by atoms with Gasteiger partial charge in [0.1, 0.15) is 0 Å². The molecule has 0 aromatic carbocycles. The normalized spacial score (nSPS) is 10.4. The third-order valence-corrected chi connectivity index (χ3v) is 2.03. The van der Waals surface area contributed by atoms with Gasteiger partial charge in [0, 0.05) is 6.20 Å². The van der Waals surface area contributed by atoms with E-state index in [1.54, 1.807) is 4.68 Å². The quantitative estimate of drug-likeness (QED) is 0.717. The number of aryl methyl sites for hydroxylation is 2. The molecule has 4 heteroatoms. The lowest BCUT2D eigenvalue weighted by Gasteiger charge is -1.98. The minimum absolute atomic E-state index is 0.760. The fourth-order valence-corrected chi connectivity index (χ4v) is 1.19. The second-order valence-corrected chi connectivity index (χ2v) is 3.14. The second kappa shape index (κ2) is 3.57. The van der Waals surface area contributed by atoms with Gasteiger partial charge in [0.2, 0.25) is 0 Å². The lowest BCUT2D eigenvalue weighted by molar-refractivity contribution is 0.786. The zero-order valence-electron chi connectivity index (χ0n) is 8.31. The van der Waals surface area contributed by atoms with Crippen LogP contribution in [0.5, 0.6) is 0 Å². The van der Waals surface area contributed by atoms with Crippen molar-refractivity contribution >= 4 is 0 Å². The van der Waals surface area contributed by atoms with Gasteiger partial charge in [-0.15, -0.1) is 5.10 Å². The smallest absolute Gasteiger partial charge is 0.175 e. The summed E-state index contributed by atoms with van der Waals surface area (Å²) < 4.78 is 1.74. The maximum absolute atomic E-state index is 4.34. The van der Waals surface area contributed by atoms with E-state index in [9.17, 15) is 0 Å². The highest BCUT2D eigenvalue weighted by Gasteiger charge is 2.00. The average molecular weight is 188 g/mol. The molecule has 0 unspecified atom stereocenters. The van der Waals surface area contributed by atoms with E-state index >= 15 is 0 Å². The van der Waals surface area contributed by atoms with E-state index < -0.39 is 0 Å². The van der Waals surface area contributed by atoms with Gasteiger partial charge in [0.05, 0.1) is 11.4 Å². The van der Waals surface area contributed by atoms with Gasteiger partial charge in [-0.2, -0.15) is 10.2 Å². The van der Waals surface area contributed by atoms with E-state index in [2.05, 4.69) is 22.2 Å². The number of nitrogens with zero attached hydrogens (tertiary/aromatic N) is 4. The van der Waals surface area contributed by atoms with Crippen molar-refractivity contribution < 1.29 is 0 Å². The van der Waals surface area contributed by atoms with Crippen LogP contribution in [0.15, 0.2) is 24.4 Å². The minimum Gasteiger partial charge on any atom is -0.221 e. The fourth-order valence-electron chi connectivity index (χ4n) is 1.19. The van der Waals surface area contributed by atoms with Crippen LogP contribution in [0.1, 0.15) is 18.3 Å². The molecule has 2 heterocycles. The number of hydrogen-bond donors (Lipinski definition) is 0. The Morgan fingerprint density at radius 3 is 2.64 bits per heavy atom. The van der Waals surface area contributed by atoms with Crippen molar-refractivity contribution in [2.24, 2.45) is 0 Å². The van der Waals surface area contributed by atoms with Crippen molar-refractivity contribution in [2.75, 3.05) is 0 Å². The average Bonchev–Trinajstić information content (AvgIpc) is 2.67. The highest BCUT2D eigenvalue weighted by Crippen LogP contribution is 2.04. The molecule has 2 rings (SSSR count). The van der Waals surface area contributed by atoms with Crippen molar-refractivity contribution in [2.45, 2.75) is 20.3 Å². The Kier molecular flexibility index (Phi) is 2.26. The highest BCUT2D eigenvalue weighted by atomic mass is 15.3. The van der Waals surface area contributed by atoms with Crippen LogP contribution in [0.4, 0.5) is 0 Å². The van der Waals surface area contributed by atoms with Crippen LogP contribution in [0.25, 0.3) is 5.82 Å². The van der Waals surface area contributed by atoms with Crippen LogP contribution < -0.4 is 0 Å². The molecule has 2 aromatic rings. The van der Waals surface area contributed by atoms with E-state index in [4.69, 9.17) is 0 Å². The lowest BCUT2D eigenvalue weighted by Crippen LogP contribution is -2.00. The van der Waals surface area contributed by atoms with E-state index in [1.807, 2.05) is 31.3 Å². The number of aromatic nitrogens is 4. The Balaban J connectivity index is 2.34. The predicted octanol–water partition coefficient (Wildman–Crippen LogP) is 1.53. The summed E-state index contributed by atoms with van der Waals surface area (Å²) in [4.78, 5) is 0. The molecule has 0 bridgehead atoms. The maximum atomic E-state index is 4.34. The van der Waals surface area contributed by atoms with Crippen LogP contribution in [0, 0.1) is 6.92 Å². The Morgan fingerprint density at radius 1 is 1.21 bits per heavy atom. The molecule has 0 radical (unpaired) electrons. The van der Waals surface area contributed by atoms with Crippen LogP contribution in [0.2, 0.25) is 0 Å². The van der Waals surface area contributed by atoms with Crippen molar-refractivity contribution in [3.05, 3.63) is 35.8 Å². The zero-order valence-corrected chi connectivity index (χ0v) is 8.31. The Labute approximate surface area is 82.6 Å². The van der Waals surface area contributed by atoms with E-state index in [0.717, 1.165) is 23.6 Å². The monoisotopic (exact) mass is 188 g/mol. The Bertz CT molecular complexity index is 416. The molecule has 0 saturated heterocycles. The fraction of sp³-hybridized carbons (Fsp3) is 0.300. The molecule has 0 fully saturated rings. The highest BCUT2D eigenvalue weighted by molar-refractivity contribution is 5.20. The zero-order chi connectivity index (χ0) is 9.97. The van der Waals surface area contributed by atoms with E-state index in [0.29, 0.717) is 0 Å². The first-order valence-electron chi connectivity index (χ1n) is 4.65. The van der Waals surface area contributed by atoms with Gasteiger partial charge in [-0.3, -0.25) is 0 Å². The molecule has 0 amide bonds. The van der Waals surface area contributed by atoms with Crippen LogP contribution in [-0.2, 0) is 6.42 Å². The summed E-state index contributed by atoms with van der Waals surface area (Å²) in [5.74, 6) is 0.760. The minimum atomic E-state index is 0.760. The Hall–Kier alpha value is -1.71. The van der Waals surface area contributed by atoms with E-state index in [1.165, 1.54) is 0 Å². The number of rotatable bonds is 2. The van der Waals surface area contributed by atoms with Crippen molar-refractivity contribution in [1.82, 2.24) is 20.0 Å². The molecular weight excluding hydrogens is 176 g/mol. The summed E-state index contributed by atoms with van der Waals surface area (Å²) in [6.45, 7) is 3.99.